The minimum absolute atomic E-state index is 0.0293. The molecule has 0 unspecified atom stereocenters. The lowest BCUT2D eigenvalue weighted by Gasteiger charge is -2.21. The highest BCUT2D eigenvalue weighted by Crippen LogP contribution is 2.41. The van der Waals surface area contributed by atoms with Crippen molar-refractivity contribution >= 4 is 32.6 Å². The molecular formula is C18H18N2O3S. The van der Waals surface area contributed by atoms with E-state index in [1.807, 2.05) is 18.2 Å². The maximum atomic E-state index is 11.9. The standard InChI is InChI=1S/C18H18N2O3S/c19-14-8-4-12(5-9-14)16-2-1-3-17(24(21,22)23)18(16)13-6-10-15(20)11-7-13/h2,4-11H,1,3,19-20H2,(H,21,22,23). The molecule has 0 radical (unpaired) electrons. The first-order chi connectivity index (χ1) is 11.4. The summed E-state index contributed by atoms with van der Waals surface area (Å²) in [6.07, 6.45) is 2.77. The van der Waals surface area contributed by atoms with Gasteiger partial charge >= 0.3 is 0 Å². The average Bonchev–Trinajstić information content (AvgIpc) is 2.55. The van der Waals surface area contributed by atoms with Crippen molar-refractivity contribution in [3.05, 3.63) is 70.6 Å². The fraction of sp³-hybridized carbons (Fsp3) is 0.111. The molecule has 0 aromatic heterocycles. The van der Waals surface area contributed by atoms with Crippen molar-refractivity contribution in [3.63, 3.8) is 0 Å². The van der Waals surface area contributed by atoms with Crippen LogP contribution < -0.4 is 11.5 Å². The summed E-state index contributed by atoms with van der Waals surface area (Å²) in [6.45, 7) is 0. The van der Waals surface area contributed by atoms with Crippen molar-refractivity contribution in [2.24, 2.45) is 0 Å². The Hall–Kier alpha value is -2.57. The molecule has 124 valence electrons. The number of allylic oxidation sites excluding steroid dienone is 4. The van der Waals surface area contributed by atoms with E-state index in [-0.39, 0.29) is 11.3 Å². The summed E-state index contributed by atoms with van der Waals surface area (Å²) in [6, 6.07) is 14.1. The predicted octanol–water partition coefficient (Wildman–Crippen LogP) is 3.33. The zero-order chi connectivity index (χ0) is 17.3. The molecule has 0 saturated carbocycles. The van der Waals surface area contributed by atoms with E-state index in [0.29, 0.717) is 28.9 Å². The highest BCUT2D eigenvalue weighted by atomic mass is 32.2. The number of hydrogen-bond acceptors (Lipinski definition) is 4. The molecule has 5 N–H and O–H groups in total. The molecule has 0 bridgehead atoms. The lowest BCUT2D eigenvalue weighted by molar-refractivity contribution is 0.489. The summed E-state index contributed by atoms with van der Waals surface area (Å²) < 4.78 is 33.5. The van der Waals surface area contributed by atoms with E-state index in [0.717, 1.165) is 11.1 Å². The van der Waals surface area contributed by atoms with Crippen LogP contribution in [0.5, 0.6) is 0 Å². The van der Waals surface area contributed by atoms with Gasteiger partial charge in [0, 0.05) is 16.9 Å². The first-order valence-corrected chi connectivity index (χ1v) is 8.93. The second-order valence-electron chi connectivity index (χ2n) is 5.67. The van der Waals surface area contributed by atoms with Gasteiger partial charge in [0.1, 0.15) is 0 Å². The first-order valence-electron chi connectivity index (χ1n) is 7.49. The zero-order valence-corrected chi connectivity index (χ0v) is 13.8. The third-order valence-corrected chi connectivity index (χ3v) is 5.03. The average molecular weight is 342 g/mol. The van der Waals surface area contributed by atoms with Gasteiger partial charge in [0.05, 0.1) is 4.91 Å². The highest BCUT2D eigenvalue weighted by Gasteiger charge is 2.26. The minimum atomic E-state index is -4.30. The molecule has 0 aliphatic heterocycles. The molecule has 2 aromatic rings. The monoisotopic (exact) mass is 342 g/mol. The van der Waals surface area contributed by atoms with Crippen LogP contribution >= 0.6 is 0 Å². The van der Waals surface area contributed by atoms with Gasteiger partial charge in [0.15, 0.2) is 0 Å². The fourth-order valence-electron chi connectivity index (χ4n) is 2.87. The third-order valence-electron chi connectivity index (χ3n) is 4.00. The molecule has 0 amide bonds. The smallest absolute Gasteiger partial charge is 0.291 e. The summed E-state index contributed by atoms with van der Waals surface area (Å²) in [7, 11) is -4.30. The fourth-order valence-corrected chi connectivity index (χ4v) is 3.74. The normalized spacial score (nSPS) is 15.3. The Morgan fingerprint density at radius 3 is 1.83 bits per heavy atom. The van der Waals surface area contributed by atoms with E-state index in [1.54, 1.807) is 36.4 Å². The van der Waals surface area contributed by atoms with Crippen molar-refractivity contribution in [3.8, 4) is 0 Å². The van der Waals surface area contributed by atoms with Crippen LogP contribution in [0.15, 0.2) is 59.5 Å². The summed E-state index contributed by atoms with van der Waals surface area (Å²) in [5, 5.41) is 0. The topological polar surface area (TPSA) is 106 Å². The molecular weight excluding hydrogens is 324 g/mol. The van der Waals surface area contributed by atoms with E-state index < -0.39 is 10.1 Å². The van der Waals surface area contributed by atoms with Gasteiger partial charge in [-0.15, -0.1) is 0 Å². The van der Waals surface area contributed by atoms with Crippen LogP contribution in [0.25, 0.3) is 11.1 Å². The molecule has 0 spiro atoms. The summed E-state index contributed by atoms with van der Waals surface area (Å²) in [4.78, 5) is 0.0293. The Morgan fingerprint density at radius 1 is 0.833 bits per heavy atom. The second-order valence-corrected chi connectivity index (χ2v) is 7.12. The van der Waals surface area contributed by atoms with E-state index >= 15 is 0 Å². The van der Waals surface area contributed by atoms with Gasteiger partial charge in [-0.05, 0) is 53.8 Å². The van der Waals surface area contributed by atoms with Gasteiger partial charge in [0.2, 0.25) is 0 Å². The van der Waals surface area contributed by atoms with Crippen LogP contribution in [0.1, 0.15) is 24.0 Å². The molecule has 0 fully saturated rings. The molecule has 0 saturated heterocycles. The molecule has 1 aliphatic rings. The van der Waals surface area contributed by atoms with E-state index in [9.17, 15) is 13.0 Å². The Labute approximate surface area is 141 Å². The Morgan fingerprint density at radius 2 is 1.33 bits per heavy atom. The molecule has 0 atom stereocenters. The van der Waals surface area contributed by atoms with Crippen molar-refractivity contribution in [2.45, 2.75) is 12.8 Å². The molecule has 6 heteroatoms. The number of hydrogen-bond donors (Lipinski definition) is 3. The predicted molar refractivity (Wildman–Crippen MR) is 97.4 cm³/mol. The molecule has 24 heavy (non-hydrogen) atoms. The lowest BCUT2D eigenvalue weighted by Crippen LogP contribution is -2.10. The Kier molecular flexibility index (Phi) is 4.17. The minimum Gasteiger partial charge on any atom is -0.399 e. The Balaban J connectivity index is 2.24. The van der Waals surface area contributed by atoms with E-state index in [2.05, 4.69) is 0 Å². The maximum Gasteiger partial charge on any atom is 0.291 e. The van der Waals surface area contributed by atoms with Gasteiger partial charge < -0.3 is 11.5 Å². The van der Waals surface area contributed by atoms with Gasteiger partial charge in [-0.2, -0.15) is 8.42 Å². The second kappa shape index (κ2) is 6.14. The van der Waals surface area contributed by atoms with Gasteiger partial charge in [0.25, 0.3) is 10.1 Å². The largest absolute Gasteiger partial charge is 0.399 e. The molecule has 5 nitrogen and oxygen atoms in total. The first kappa shape index (κ1) is 16.3. The quantitative estimate of drug-likeness (QED) is 0.586. The number of nitrogen functional groups attached to an aromatic ring is 2. The zero-order valence-electron chi connectivity index (χ0n) is 12.9. The summed E-state index contributed by atoms with van der Waals surface area (Å²) >= 11 is 0. The maximum absolute atomic E-state index is 11.9. The number of rotatable bonds is 3. The van der Waals surface area contributed by atoms with Crippen molar-refractivity contribution in [2.75, 3.05) is 11.5 Å². The third kappa shape index (κ3) is 3.20. The highest BCUT2D eigenvalue weighted by molar-refractivity contribution is 7.90. The molecule has 2 aromatic carbocycles. The van der Waals surface area contributed by atoms with E-state index in [4.69, 9.17) is 11.5 Å². The van der Waals surface area contributed by atoms with E-state index in [1.165, 1.54) is 0 Å². The van der Waals surface area contributed by atoms with Crippen molar-refractivity contribution in [1.82, 2.24) is 0 Å². The summed E-state index contributed by atoms with van der Waals surface area (Å²) in [5.41, 5.74) is 15.5. The van der Waals surface area contributed by atoms with Crippen molar-refractivity contribution < 1.29 is 13.0 Å². The number of nitrogens with two attached hydrogens (primary N) is 2. The van der Waals surface area contributed by atoms with Crippen LogP contribution in [-0.2, 0) is 10.1 Å². The summed E-state index contributed by atoms with van der Waals surface area (Å²) in [5.74, 6) is 0. The van der Waals surface area contributed by atoms with Crippen LogP contribution in [-0.4, -0.2) is 13.0 Å². The van der Waals surface area contributed by atoms with Crippen LogP contribution in [0.2, 0.25) is 0 Å². The van der Waals surface area contributed by atoms with Gasteiger partial charge in [-0.3, -0.25) is 4.55 Å². The number of anilines is 2. The van der Waals surface area contributed by atoms with Crippen molar-refractivity contribution in [1.29, 1.82) is 0 Å². The number of benzene rings is 2. The SMILES string of the molecule is Nc1ccc(C2=CCCC(S(=O)(=O)O)=C2c2ccc(N)cc2)cc1. The molecule has 3 rings (SSSR count). The lowest BCUT2D eigenvalue weighted by atomic mass is 9.87. The van der Waals surface area contributed by atoms with Crippen LogP contribution in [0.3, 0.4) is 0 Å². The molecule has 0 heterocycles. The van der Waals surface area contributed by atoms with Gasteiger partial charge in [-0.25, -0.2) is 0 Å². The van der Waals surface area contributed by atoms with Gasteiger partial charge in [-0.1, -0.05) is 30.3 Å². The Bertz CT molecular complexity index is 925. The van der Waals surface area contributed by atoms with Crippen LogP contribution in [0.4, 0.5) is 11.4 Å². The molecule has 1 aliphatic carbocycles. The van der Waals surface area contributed by atoms with Crippen LogP contribution in [0, 0.1) is 0 Å².